The highest BCUT2D eigenvalue weighted by molar-refractivity contribution is 8.02. The van der Waals surface area contributed by atoms with E-state index in [0.29, 0.717) is 23.8 Å². The molecule has 0 aromatic heterocycles. The van der Waals surface area contributed by atoms with Crippen LogP contribution in [-0.4, -0.2) is 69.0 Å². The Kier molecular flexibility index (Phi) is 6.40. The van der Waals surface area contributed by atoms with Crippen LogP contribution in [0.3, 0.4) is 0 Å². The van der Waals surface area contributed by atoms with Gasteiger partial charge in [0, 0.05) is 34.2 Å². The Labute approximate surface area is 237 Å². The lowest BCUT2D eigenvalue weighted by Crippen LogP contribution is -2.56. The first-order chi connectivity index (χ1) is 18.7. The topological polar surface area (TPSA) is 81.2 Å². The molecule has 2 aromatic rings. The second-order valence-corrected chi connectivity index (χ2v) is 13.0. The first-order valence-electron chi connectivity index (χ1n) is 13.1. The van der Waals surface area contributed by atoms with Gasteiger partial charge < -0.3 is 19.8 Å². The van der Waals surface area contributed by atoms with Crippen molar-refractivity contribution in [3.05, 3.63) is 83.9 Å². The Hall–Kier alpha value is -3.07. The van der Waals surface area contributed by atoms with Gasteiger partial charge in [-0.15, -0.1) is 11.8 Å². The summed E-state index contributed by atoms with van der Waals surface area (Å²) in [5.74, 6) is -2.09. The number of carbonyl (C=O) groups excluding carboxylic acids is 3. The average molecular weight is 564 g/mol. The van der Waals surface area contributed by atoms with Crippen LogP contribution in [0.1, 0.15) is 13.8 Å². The van der Waals surface area contributed by atoms with Crippen molar-refractivity contribution in [1.29, 1.82) is 0 Å². The molecule has 1 unspecified atom stereocenters. The molecule has 202 valence electrons. The van der Waals surface area contributed by atoms with Crippen molar-refractivity contribution in [1.82, 2.24) is 4.90 Å². The molecule has 7 nitrogen and oxygen atoms in total. The molecule has 0 radical (unpaired) electrons. The Bertz CT molecular complexity index is 1380. The normalized spacial score (nSPS) is 32.6. The number of aliphatic hydroxyl groups excluding tert-OH is 1. The molecule has 2 saturated heterocycles. The smallest absolute Gasteiger partial charge is 0.251 e. The fourth-order valence-electron chi connectivity index (χ4n) is 6.72. The molecule has 4 aliphatic heterocycles. The molecule has 0 aliphatic carbocycles. The second-order valence-electron chi connectivity index (χ2n) is 10.8. The molecule has 2 fully saturated rings. The lowest BCUT2D eigenvalue weighted by Gasteiger charge is -2.38. The third-order valence-electron chi connectivity index (χ3n) is 8.44. The lowest BCUT2D eigenvalue weighted by atomic mass is 9.74. The van der Waals surface area contributed by atoms with Gasteiger partial charge in [-0.2, -0.15) is 0 Å². The molecular weight excluding hydrogens is 534 g/mol. The summed E-state index contributed by atoms with van der Waals surface area (Å²) in [6.45, 7) is 4.18. The van der Waals surface area contributed by atoms with Crippen molar-refractivity contribution in [2.45, 2.75) is 35.4 Å². The Morgan fingerprint density at radius 2 is 1.51 bits per heavy atom. The van der Waals surface area contributed by atoms with Crippen LogP contribution in [0.5, 0.6) is 0 Å². The van der Waals surface area contributed by atoms with Crippen molar-refractivity contribution < 1.29 is 19.5 Å². The highest BCUT2D eigenvalue weighted by Crippen LogP contribution is 2.66. The summed E-state index contributed by atoms with van der Waals surface area (Å²) in [5.41, 5.74) is 1.44. The molecule has 9 heteroatoms. The van der Waals surface area contributed by atoms with Crippen LogP contribution in [0.4, 0.5) is 11.4 Å². The molecule has 0 saturated carbocycles. The number of hydrogen-bond acceptors (Lipinski definition) is 5. The number of thioether (sulfide) groups is 1. The van der Waals surface area contributed by atoms with Gasteiger partial charge in [-0.3, -0.25) is 14.4 Å². The molecule has 0 bridgehead atoms. The van der Waals surface area contributed by atoms with Gasteiger partial charge in [-0.05, 0) is 50.2 Å². The minimum Gasteiger partial charge on any atom is -0.394 e. The maximum atomic E-state index is 14.4. The van der Waals surface area contributed by atoms with E-state index in [1.807, 2.05) is 61.6 Å². The maximum Gasteiger partial charge on any atom is 0.251 e. The molecule has 4 heterocycles. The summed E-state index contributed by atoms with van der Waals surface area (Å²) >= 11 is 7.64. The van der Waals surface area contributed by atoms with E-state index in [-0.39, 0.29) is 24.3 Å². The summed E-state index contributed by atoms with van der Waals surface area (Å²) in [6, 6.07) is 15.0. The number of amides is 3. The number of para-hydroxylation sites is 1. The summed E-state index contributed by atoms with van der Waals surface area (Å²) in [6.07, 6.45) is 7.95. The predicted molar refractivity (Wildman–Crippen MR) is 154 cm³/mol. The molecule has 39 heavy (non-hydrogen) atoms. The van der Waals surface area contributed by atoms with Gasteiger partial charge in [-0.1, -0.05) is 54.1 Å². The van der Waals surface area contributed by atoms with Crippen LogP contribution >= 0.6 is 23.4 Å². The van der Waals surface area contributed by atoms with Crippen LogP contribution in [-0.2, 0) is 14.4 Å². The minimum absolute atomic E-state index is 0.131. The van der Waals surface area contributed by atoms with Crippen molar-refractivity contribution in [2.75, 3.05) is 29.5 Å². The van der Waals surface area contributed by atoms with Crippen molar-refractivity contribution >= 4 is 52.5 Å². The van der Waals surface area contributed by atoms with E-state index in [1.54, 1.807) is 41.0 Å². The number of likely N-dealkylation sites (tertiary alicyclic amines) is 1. The van der Waals surface area contributed by atoms with Crippen LogP contribution in [0, 0.1) is 11.8 Å². The van der Waals surface area contributed by atoms with E-state index in [0.717, 1.165) is 5.69 Å². The Morgan fingerprint density at radius 1 is 0.897 bits per heavy atom. The minimum atomic E-state index is -0.974. The summed E-state index contributed by atoms with van der Waals surface area (Å²) in [7, 11) is 0. The van der Waals surface area contributed by atoms with E-state index in [1.165, 1.54) is 16.7 Å². The fraction of sp³-hybridized carbons (Fsp3) is 0.367. The maximum absolute atomic E-state index is 14.4. The third-order valence-corrected chi connectivity index (χ3v) is 10.5. The van der Waals surface area contributed by atoms with Crippen molar-refractivity contribution in [2.24, 2.45) is 11.8 Å². The monoisotopic (exact) mass is 563 g/mol. The van der Waals surface area contributed by atoms with Gasteiger partial charge >= 0.3 is 0 Å². The molecule has 3 amide bonds. The number of hydrogen-bond donors (Lipinski definition) is 1. The third kappa shape index (κ3) is 3.87. The number of carbonyl (C=O) groups is 3. The average Bonchev–Trinajstić information content (AvgIpc) is 3.21. The number of nitrogens with zero attached hydrogens (tertiary/aromatic N) is 3. The highest BCUT2D eigenvalue weighted by atomic mass is 35.5. The van der Waals surface area contributed by atoms with Gasteiger partial charge in [-0.25, -0.2) is 0 Å². The first kappa shape index (κ1) is 26.2. The predicted octanol–water partition coefficient (Wildman–Crippen LogP) is 3.91. The standard InChI is InChI=1S/C30H30ClN3O4S/c1-19(18-35)34-25-28(38)33(22-12-10-20(31)11-13-22)17-7-15-30(25)24(27(34)37)23-26(36)32(21-8-4-3-5-9-21)16-6-14-29(23,2)39-30/h3-15,19,23-25,35H,16-18H2,1-2H3/t19-,23-,24+,25?,29+,30+/m1/s1. The fourth-order valence-corrected chi connectivity index (χ4v) is 8.99. The number of anilines is 2. The Balaban J connectivity index is 1.49. The molecule has 6 atom stereocenters. The molecular formula is C30H30ClN3O4S. The zero-order valence-electron chi connectivity index (χ0n) is 21.7. The summed E-state index contributed by atoms with van der Waals surface area (Å²) in [5, 5.41) is 10.7. The highest BCUT2D eigenvalue weighted by Gasteiger charge is 2.74. The first-order valence-corrected chi connectivity index (χ1v) is 14.3. The van der Waals surface area contributed by atoms with E-state index in [2.05, 4.69) is 0 Å². The quantitative estimate of drug-likeness (QED) is 0.571. The van der Waals surface area contributed by atoms with Gasteiger partial charge in [0.2, 0.25) is 11.8 Å². The summed E-state index contributed by atoms with van der Waals surface area (Å²) < 4.78 is -1.67. The van der Waals surface area contributed by atoms with Gasteiger partial charge in [0.05, 0.1) is 29.2 Å². The van der Waals surface area contributed by atoms with E-state index in [9.17, 15) is 19.5 Å². The summed E-state index contributed by atoms with van der Waals surface area (Å²) in [4.78, 5) is 48.1. The zero-order chi connectivity index (χ0) is 27.5. The van der Waals surface area contributed by atoms with E-state index >= 15 is 0 Å². The van der Waals surface area contributed by atoms with Crippen LogP contribution < -0.4 is 9.80 Å². The number of fused-ring (bicyclic) bond motifs is 2. The number of halogens is 1. The van der Waals surface area contributed by atoms with Crippen molar-refractivity contribution in [3.8, 4) is 0 Å². The molecule has 1 spiro atoms. The van der Waals surface area contributed by atoms with Gasteiger partial charge in [0.15, 0.2) is 0 Å². The largest absolute Gasteiger partial charge is 0.394 e. The van der Waals surface area contributed by atoms with Crippen LogP contribution in [0.2, 0.25) is 5.02 Å². The second kappa shape index (κ2) is 9.54. The van der Waals surface area contributed by atoms with E-state index in [4.69, 9.17) is 11.6 Å². The number of benzene rings is 2. The van der Waals surface area contributed by atoms with Gasteiger partial charge in [0.25, 0.3) is 5.91 Å². The SMILES string of the molecule is C[C@H](CO)N1C(=O)[C@@H]2[C@@H]3C(=O)N(c4ccccc4)CC=C[C@]3(C)S[C@@]23C=CCN(c2ccc(Cl)cc2)C(=O)C13. The van der Waals surface area contributed by atoms with Crippen molar-refractivity contribution in [3.63, 3.8) is 0 Å². The Morgan fingerprint density at radius 3 is 2.18 bits per heavy atom. The molecule has 4 aliphatic rings. The van der Waals surface area contributed by atoms with Crippen LogP contribution in [0.15, 0.2) is 78.9 Å². The number of rotatable bonds is 4. The van der Waals surface area contributed by atoms with Crippen LogP contribution in [0.25, 0.3) is 0 Å². The molecule has 2 aromatic carbocycles. The molecule has 6 rings (SSSR count). The molecule has 1 N–H and O–H groups in total. The van der Waals surface area contributed by atoms with E-state index < -0.39 is 33.4 Å². The number of aliphatic hydroxyl groups is 1. The zero-order valence-corrected chi connectivity index (χ0v) is 23.3. The lowest BCUT2D eigenvalue weighted by molar-refractivity contribution is -0.141. The van der Waals surface area contributed by atoms with Gasteiger partial charge in [0.1, 0.15) is 6.04 Å².